The molecule has 0 saturated carbocycles. The Balaban J connectivity index is 2.81. The number of aliphatic hydroxyl groups excluding tert-OH is 1. The molecule has 3 nitrogen and oxygen atoms in total. The van der Waals surface area contributed by atoms with Crippen molar-refractivity contribution in [1.29, 1.82) is 0 Å². The van der Waals surface area contributed by atoms with Crippen molar-refractivity contribution in [3.8, 4) is 0 Å². The Morgan fingerprint density at radius 2 is 2.12 bits per heavy atom. The van der Waals surface area contributed by atoms with E-state index in [2.05, 4.69) is 31.6 Å². The fourth-order valence-corrected chi connectivity index (χ4v) is 1.90. The van der Waals surface area contributed by atoms with Crippen molar-refractivity contribution < 1.29 is 5.11 Å². The summed E-state index contributed by atoms with van der Waals surface area (Å²) in [6, 6.07) is 4.09. The first-order chi connectivity index (χ1) is 7.50. The molecule has 1 N–H and O–H groups in total. The van der Waals surface area contributed by atoms with E-state index in [0.717, 1.165) is 16.5 Å². The lowest BCUT2D eigenvalue weighted by molar-refractivity contribution is 0.514. The van der Waals surface area contributed by atoms with E-state index in [1.54, 1.807) is 4.68 Å². The van der Waals surface area contributed by atoms with E-state index in [1.165, 1.54) is 5.56 Å². The Bertz CT molecular complexity index is 552. The van der Waals surface area contributed by atoms with Crippen LogP contribution in [0.4, 0.5) is 0 Å². The highest BCUT2D eigenvalue weighted by atomic mass is 16.3. The Morgan fingerprint density at radius 3 is 2.69 bits per heavy atom. The number of hydrogen-bond acceptors (Lipinski definition) is 2. The third kappa shape index (κ3) is 1.58. The number of aromatic nitrogens is 2. The Morgan fingerprint density at radius 1 is 1.44 bits per heavy atom. The SMILES string of the molecule is C=C(O)c1cc(C(C)C)cc2cnn(C)c12. The summed E-state index contributed by atoms with van der Waals surface area (Å²) >= 11 is 0. The normalized spacial score (nSPS) is 11.2. The number of nitrogens with zero attached hydrogens (tertiary/aromatic N) is 2. The Kier molecular flexibility index (Phi) is 2.46. The summed E-state index contributed by atoms with van der Waals surface area (Å²) in [5, 5.41) is 14.9. The van der Waals surface area contributed by atoms with Crippen molar-refractivity contribution in [2.75, 3.05) is 0 Å². The van der Waals surface area contributed by atoms with Crippen molar-refractivity contribution >= 4 is 16.7 Å². The molecule has 2 aromatic rings. The zero-order valence-electron chi connectivity index (χ0n) is 9.86. The highest BCUT2D eigenvalue weighted by Crippen LogP contribution is 2.27. The van der Waals surface area contributed by atoms with Crippen LogP contribution < -0.4 is 0 Å². The van der Waals surface area contributed by atoms with Crippen LogP contribution in [0.5, 0.6) is 0 Å². The number of benzene rings is 1. The third-order valence-electron chi connectivity index (χ3n) is 2.83. The van der Waals surface area contributed by atoms with Gasteiger partial charge in [0.1, 0.15) is 5.76 Å². The van der Waals surface area contributed by atoms with Crippen LogP contribution in [0.15, 0.2) is 24.9 Å². The van der Waals surface area contributed by atoms with Crippen LogP contribution in [-0.2, 0) is 7.05 Å². The van der Waals surface area contributed by atoms with Gasteiger partial charge in [-0.2, -0.15) is 5.10 Å². The largest absolute Gasteiger partial charge is 0.508 e. The molecule has 0 unspecified atom stereocenters. The van der Waals surface area contributed by atoms with Crippen LogP contribution in [0.3, 0.4) is 0 Å². The number of fused-ring (bicyclic) bond motifs is 1. The Hall–Kier alpha value is -1.77. The van der Waals surface area contributed by atoms with Crippen molar-refractivity contribution in [2.45, 2.75) is 19.8 Å². The van der Waals surface area contributed by atoms with E-state index >= 15 is 0 Å². The highest BCUT2D eigenvalue weighted by molar-refractivity contribution is 5.89. The van der Waals surface area contributed by atoms with Crippen molar-refractivity contribution in [3.63, 3.8) is 0 Å². The number of aliphatic hydroxyl groups is 1. The molecular formula is C13H16N2O. The zero-order chi connectivity index (χ0) is 11.9. The van der Waals surface area contributed by atoms with Gasteiger partial charge in [0.15, 0.2) is 0 Å². The van der Waals surface area contributed by atoms with Gasteiger partial charge >= 0.3 is 0 Å². The molecule has 0 aliphatic rings. The van der Waals surface area contributed by atoms with Crippen LogP contribution in [0.25, 0.3) is 16.7 Å². The summed E-state index contributed by atoms with van der Waals surface area (Å²) in [5.74, 6) is 0.513. The third-order valence-corrected chi connectivity index (χ3v) is 2.83. The standard InChI is InChI=1S/C13H16N2O/c1-8(2)10-5-11-7-14-15(4)13(11)12(6-10)9(3)16/h5-8,16H,3H2,1-2,4H3. The van der Waals surface area contributed by atoms with Crippen molar-refractivity contribution in [3.05, 3.63) is 36.0 Å². The van der Waals surface area contributed by atoms with Crippen LogP contribution >= 0.6 is 0 Å². The molecule has 0 atom stereocenters. The van der Waals surface area contributed by atoms with E-state index in [9.17, 15) is 5.11 Å². The van der Waals surface area contributed by atoms with Crippen LogP contribution in [0.1, 0.15) is 30.9 Å². The number of aryl methyl sites for hydroxylation is 1. The maximum atomic E-state index is 9.64. The maximum absolute atomic E-state index is 9.64. The molecule has 2 rings (SSSR count). The van der Waals surface area contributed by atoms with Gasteiger partial charge in [-0.1, -0.05) is 20.4 Å². The van der Waals surface area contributed by atoms with Gasteiger partial charge in [-0.25, -0.2) is 0 Å². The van der Waals surface area contributed by atoms with Crippen LogP contribution in [-0.4, -0.2) is 14.9 Å². The molecule has 0 aliphatic heterocycles. The lowest BCUT2D eigenvalue weighted by Crippen LogP contribution is -1.96. The lowest BCUT2D eigenvalue weighted by Gasteiger charge is -2.10. The smallest absolute Gasteiger partial charge is 0.117 e. The fraction of sp³-hybridized carbons (Fsp3) is 0.308. The second-order valence-corrected chi connectivity index (χ2v) is 4.38. The lowest BCUT2D eigenvalue weighted by atomic mass is 9.98. The molecule has 84 valence electrons. The summed E-state index contributed by atoms with van der Waals surface area (Å²) in [6.07, 6.45) is 1.81. The highest BCUT2D eigenvalue weighted by Gasteiger charge is 2.11. The van der Waals surface area contributed by atoms with Gasteiger partial charge in [-0.05, 0) is 23.6 Å². The average molecular weight is 216 g/mol. The van der Waals surface area contributed by atoms with Crippen LogP contribution in [0.2, 0.25) is 0 Å². The van der Waals surface area contributed by atoms with E-state index in [1.807, 2.05) is 19.3 Å². The molecule has 0 radical (unpaired) electrons. The monoisotopic (exact) mass is 216 g/mol. The number of rotatable bonds is 2. The summed E-state index contributed by atoms with van der Waals surface area (Å²) in [4.78, 5) is 0. The van der Waals surface area contributed by atoms with Gasteiger partial charge in [0.05, 0.1) is 11.7 Å². The van der Waals surface area contributed by atoms with Gasteiger partial charge < -0.3 is 5.11 Å². The van der Waals surface area contributed by atoms with Gasteiger partial charge in [0, 0.05) is 18.0 Å². The topological polar surface area (TPSA) is 38.1 Å². The molecule has 1 aromatic carbocycles. The molecule has 0 bridgehead atoms. The molecule has 16 heavy (non-hydrogen) atoms. The van der Waals surface area contributed by atoms with Crippen LogP contribution in [0, 0.1) is 0 Å². The first-order valence-corrected chi connectivity index (χ1v) is 5.34. The molecule has 0 fully saturated rings. The van der Waals surface area contributed by atoms with Gasteiger partial charge in [0.2, 0.25) is 0 Å². The number of hydrogen-bond donors (Lipinski definition) is 1. The molecule has 0 saturated heterocycles. The van der Waals surface area contributed by atoms with Gasteiger partial charge in [-0.15, -0.1) is 0 Å². The van der Waals surface area contributed by atoms with Crippen molar-refractivity contribution in [1.82, 2.24) is 9.78 Å². The predicted molar refractivity (Wildman–Crippen MR) is 66.5 cm³/mol. The molecular weight excluding hydrogens is 200 g/mol. The first kappa shape index (κ1) is 10.7. The first-order valence-electron chi connectivity index (χ1n) is 5.34. The van der Waals surface area contributed by atoms with E-state index in [4.69, 9.17) is 0 Å². The van der Waals surface area contributed by atoms with Gasteiger partial charge in [-0.3, -0.25) is 4.68 Å². The quantitative estimate of drug-likeness (QED) is 0.783. The average Bonchev–Trinajstić information content (AvgIpc) is 2.59. The summed E-state index contributed by atoms with van der Waals surface area (Å²) in [5.41, 5.74) is 2.88. The maximum Gasteiger partial charge on any atom is 0.117 e. The molecule has 0 amide bonds. The minimum Gasteiger partial charge on any atom is -0.508 e. The summed E-state index contributed by atoms with van der Waals surface area (Å²) in [6.45, 7) is 7.86. The minimum atomic E-state index is 0.0936. The van der Waals surface area contributed by atoms with Gasteiger partial charge in [0.25, 0.3) is 0 Å². The molecule has 1 aromatic heterocycles. The molecule has 0 spiro atoms. The predicted octanol–water partition coefficient (Wildman–Crippen LogP) is 3.23. The van der Waals surface area contributed by atoms with E-state index in [0.29, 0.717) is 5.92 Å². The minimum absolute atomic E-state index is 0.0936. The fourth-order valence-electron chi connectivity index (χ4n) is 1.90. The van der Waals surface area contributed by atoms with Crippen molar-refractivity contribution in [2.24, 2.45) is 7.05 Å². The molecule has 3 heteroatoms. The second-order valence-electron chi connectivity index (χ2n) is 4.38. The molecule has 1 heterocycles. The second kappa shape index (κ2) is 3.67. The zero-order valence-corrected chi connectivity index (χ0v) is 9.86. The Labute approximate surface area is 95.0 Å². The summed E-state index contributed by atoms with van der Waals surface area (Å²) < 4.78 is 1.76. The molecule has 0 aliphatic carbocycles. The van der Waals surface area contributed by atoms with E-state index < -0.39 is 0 Å². The summed E-state index contributed by atoms with van der Waals surface area (Å²) in [7, 11) is 1.86. The van der Waals surface area contributed by atoms with E-state index in [-0.39, 0.29) is 5.76 Å².